The first-order valence-corrected chi connectivity index (χ1v) is 9.87. The van der Waals surface area contributed by atoms with Gasteiger partial charge in [-0.05, 0) is 19.8 Å². The monoisotopic (exact) mass is 495 g/mol. The average molecular weight is 495 g/mol. The highest BCUT2D eigenvalue weighted by molar-refractivity contribution is 14.0. The van der Waals surface area contributed by atoms with E-state index in [9.17, 15) is 4.79 Å². The van der Waals surface area contributed by atoms with Crippen LogP contribution in [0.5, 0.6) is 0 Å². The molecular weight excluding hydrogens is 461 g/mol. The lowest BCUT2D eigenvalue weighted by Crippen LogP contribution is -2.57. The van der Waals surface area contributed by atoms with Crippen molar-refractivity contribution in [3.8, 4) is 0 Å². The molecular formula is C18H34IN5O3. The van der Waals surface area contributed by atoms with Gasteiger partial charge in [0.2, 0.25) is 5.91 Å². The Labute approximate surface area is 179 Å². The van der Waals surface area contributed by atoms with Crippen molar-refractivity contribution in [1.82, 2.24) is 20.0 Å². The summed E-state index contributed by atoms with van der Waals surface area (Å²) >= 11 is 0. The third kappa shape index (κ3) is 6.16. The second kappa shape index (κ2) is 11.4. The molecule has 0 radical (unpaired) electrons. The summed E-state index contributed by atoms with van der Waals surface area (Å²) in [7, 11) is 1.81. The molecule has 1 N–H and O–H groups in total. The molecule has 2 atom stereocenters. The number of amides is 1. The molecule has 2 unspecified atom stereocenters. The molecule has 3 fully saturated rings. The first kappa shape index (κ1) is 22.6. The van der Waals surface area contributed by atoms with Crippen molar-refractivity contribution in [3.63, 3.8) is 0 Å². The largest absolute Gasteiger partial charge is 0.376 e. The summed E-state index contributed by atoms with van der Waals surface area (Å²) in [6.45, 7) is 10.1. The molecule has 1 amide bonds. The Kier molecular flexibility index (Phi) is 9.54. The molecule has 3 saturated heterocycles. The number of ether oxygens (including phenoxy) is 2. The van der Waals surface area contributed by atoms with Crippen LogP contribution in [0, 0.1) is 0 Å². The third-order valence-corrected chi connectivity index (χ3v) is 5.52. The molecule has 0 aromatic rings. The zero-order chi connectivity index (χ0) is 18.4. The van der Waals surface area contributed by atoms with E-state index in [4.69, 9.17) is 9.47 Å². The maximum atomic E-state index is 12.6. The summed E-state index contributed by atoms with van der Waals surface area (Å²) in [5.74, 6) is 1.19. The van der Waals surface area contributed by atoms with E-state index in [1.807, 2.05) is 18.9 Å². The van der Waals surface area contributed by atoms with Gasteiger partial charge in [0, 0.05) is 52.9 Å². The van der Waals surface area contributed by atoms with Gasteiger partial charge in [-0.1, -0.05) is 0 Å². The van der Waals surface area contributed by atoms with Crippen molar-refractivity contribution in [2.45, 2.75) is 31.9 Å². The number of nitrogens with one attached hydrogen (secondary N) is 1. The highest BCUT2D eigenvalue weighted by Crippen LogP contribution is 2.14. The van der Waals surface area contributed by atoms with Crippen LogP contribution >= 0.6 is 24.0 Å². The summed E-state index contributed by atoms with van der Waals surface area (Å²) in [6.07, 6.45) is 2.37. The van der Waals surface area contributed by atoms with Gasteiger partial charge < -0.3 is 24.6 Å². The van der Waals surface area contributed by atoms with Crippen molar-refractivity contribution in [2.24, 2.45) is 4.99 Å². The predicted octanol–water partition coefficient (Wildman–Crippen LogP) is 0.224. The van der Waals surface area contributed by atoms with Gasteiger partial charge in [-0.25, -0.2) is 0 Å². The van der Waals surface area contributed by atoms with Crippen LogP contribution in [0.2, 0.25) is 0 Å². The van der Waals surface area contributed by atoms with Crippen LogP contribution in [0.1, 0.15) is 19.8 Å². The number of piperazine rings is 1. The predicted molar refractivity (Wildman–Crippen MR) is 116 cm³/mol. The van der Waals surface area contributed by atoms with E-state index in [1.165, 1.54) is 0 Å². The number of guanidine groups is 1. The molecule has 0 aromatic carbocycles. The molecule has 3 aliphatic heterocycles. The number of hydrogen-bond acceptors (Lipinski definition) is 5. The molecule has 0 aromatic heterocycles. The highest BCUT2D eigenvalue weighted by atomic mass is 127. The first-order chi connectivity index (χ1) is 12.7. The zero-order valence-electron chi connectivity index (χ0n) is 16.6. The van der Waals surface area contributed by atoms with E-state index in [-0.39, 0.29) is 42.0 Å². The molecule has 3 aliphatic rings. The minimum atomic E-state index is -0.0296. The van der Waals surface area contributed by atoms with Gasteiger partial charge in [0.1, 0.15) is 0 Å². The third-order valence-electron chi connectivity index (χ3n) is 5.52. The standard InChI is InChI=1S/C18H33N5O3.HI/c1-15(17(24)22-5-3-4-6-22)21-7-9-23(10-8-21)18(19-2)20-13-16-14-25-11-12-26-16;/h15-16H,3-14H2,1-2H3,(H,19,20);1H. The number of halogens is 1. The summed E-state index contributed by atoms with van der Waals surface area (Å²) < 4.78 is 11.1. The van der Waals surface area contributed by atoms with Gasteiger partial charge in [0.05, 0.1) is 32.0 Å². The van der Waals surface area contributed by atoms with Crippen LogP contribution in [0.3, 0.4) is 0 Å². The van der Waals surface area contributed by atoms with Crippen LogP contribution < -0.4 is 5.32 Å². The Morgan fingerprint density at radius 3 is 2.41 bits per heavy atom. The van der Waals surface area contributed by atoms with Crippen LogP contribution in [-0.4, -0.2) is 111 Å². The molecule has 3 rings (SSSR count). The van der Waals surface area contributed by atoms with E-state index in [1.54, 1.807) is 0 Å². The van der Waals surface area contributed by atoms with Gasteiger partial charge in [0.25, 0.3) is 0 Å². The summed E-state index contributed by atoms with van der Waals surface area (Å²) in [6, 6.07) is -0.0296. The zero-order valence-corrected chi connectivity index (χ0v) is 18.9. The fraction of sp³-hybridized carbons (Fsp3) is 0.889. The minimum Gasteiger partial charge on any atom is -0.376 e. The summed E-state index contributed by atoms with van der Waals surface area (Å²) in [4.78, 5) is 23.6. The number of likely N-dealkylation sites (tertiary alicyclic amines) is 1. The molecule has 9 heteroatoms. The van der Waals surface area contributed by atoms with Gasteiger partial charge in [-0.3, -0.25) is 14.7 Å². The van der Waals surface area contributed by atoms with Gasteiger partial charge in [-0.15, -0.1) is 24.0 Å². The molecule has 156 valence electrons. The quantitative estimate of drug-likeness (QED) is 0.342. The number of carbonyl (C=O) groups is 1. The van der Waals surface area contributed by atoms with Crippen molar-refractivity contribution in [3.05, 3.63) is 0 Å². The Hall–Kier alpha value is -0.650. The van der Waals surface area contributed by atoms with E-state index in [2.05, 4.69) is 20.1 Å². The number of carbonyl (C=O) groups excluding carboxylic acids is 1. The van der Waals surface area contributed by atoms with Crippen LogP contribution in [0.4, 0.5) is 0 Å². The Balaban J connectivity index is 0.00000261. The lowest BCUT2D eigenvalue weighted by molar-refractivity contribution is -0.135. The smallest absolute Gasteiger partial charge is 0.239 e. The summed E-state index contributed by atoms with van der Waals surface area (Å²) in [5.41, 5.74) is 0. The fourth-order valence-corrected chi connectivity index (χ4v) is 3.87. The van der Waals surface area contributed by atoms with Gasteiger partial charge in [0.15, 0.2) is 5.96 Å². The first-order valence-electron chi connectivity index (χ1n) is 9.87. The SMILES string of the molecule is CN=C(NCC1COCCO1)N1CCN(C(C)C(=O)N2CCCC2)CC1.I. The molecule has 0 spiro atoms. The Morgan fingerprint density at radius 2 is 1.81 bits per heavy atom. The molecule has 27 heavy (non-hydrogen) atoms. The molecule has 8 nitrogen and oxygen atoms in total. The lowest BCUT2D eigenvalue weighted by Gasteiger charge is -2.39. The fourth-order valence-electron chi connectivity index (χ4n) is 3.87. The maximum absolute atomic E-state index is 12.6. The lowest BCUT2D eigenvalue weighted by atomic mass is 10.2. The average Bonchev–Trinajstić information content (AvgIpc) is 3.23. The normalized spacial score (nSPS) is 25.9. The van der Waals surface area contributed by atoms with E-state index >= 15 is 0 Å². The molecule has 3 heterocycles. The van der Waals surface area contributed by atoms with E-state index < -0.39 is 0 Å². The molecule has 0 aliphatic carbocycles. The second-order valence-electron chi connectivity index (χ2n) is 7.23. The summed E-state index contributed by atoms with van der Waals surface area (Å²) in [5, 5.41) is 3.40. The van der Waals surface area contributed by atoms with Crippen LogP contribution in [-0.2, 0) is 14.3 Å². The van der Waals surface area contributed by atoms with Crippen molar-refractivity contribution < 1.29 is 14.3 Å². The second-order valence-corrected chi connectivity index (χ2v) is 7.23. The topological polar surface area (TPSA) is 69.6 Å². The van der Waals surface area contributed by atoms with Crippen molar-refractivity contribution >= 4 is 35.8 Å². The Morgan fingerprint density at radius 1 is 1.11 bits per heavy atom. The maximum Gasteiger partial charge on any atom is 0.239 e. The van der Waals surface area contributed by atoms with E-state index in [0.717, 1.165) is 58.1 Å². The molecule has 0 bridgehead atoms. The number of nitrogens with zero attached hydrogens (tertiary/aromatic N) is 4. The van der Waals surface area contributed by atoms with Crippen LogP contribution in [0.25, 0.3) is 0 Å². The van der Waals surface area contributed by atoms with Crippen LogP contribution in [0.15, 0.2) is 4.99 Å². The highest BCUT2D eigenvalue weighted by Gasteiger charge is 2.30. The van der Waals surface area contributed by atoms with Crippen molar-refractivity contribution in [2.75, 3.05) is 72.7 Å². The minimum absolute atomic E-state index is 0. The molecule has 0 saturated carbocycles. The van der Waals surface area contributed by atoms with Gasteiger partial charge >= 0.3 is 0 Å². The number of hydrogen-bond donors (Lipinski definition) is 1. The van der Waals surface area contributed by atoms with E-state index in [0.29, 0.717) is 26.4 Å². The number of rotatable bonds is 4. The Bertz CT molecular complexity index is 487. The van der Waals surface area contributed by atoms with Crippen molar-refractivity contribution in [1.29, 1.82) is 0 Å². The number of aliphatic imine (C=N–C) groups is 1. The van der Waals surface area contributed by atoms with Gasteiger partial charge in [-0.2, -0.15) is 0 Å².